The Morgan fingerprint density at radius 3 is 2.29 bits per heavy atom. The first-order valence-electron chi connectivity index (χ1n) is 10.2. The van der Waals surface area contributed by atoms with E-state index in [1.165, 1.54) is 25.3 Å². The Kier molecular flexibility index (Phi) is 6.93. The van der Waals surface area contributed by atoms with Crippen molar-refractivity contribution >= 4 is 41.1 Å². The molecule has 1 saturated heterocycles. The Balaban J connectivity index is 1.85. The van der Waals surface area contributed by atoms with Crippen LogP contribution in [0.5, 0.6) is 0 Å². The predicted octanol–water partition coefficient (Wildman–Crippen LogP) is 6.92. The molecule has 3 aromatic rings. The number of halogens is 5. The number of nitrogens with zero attached hydrogens (tertiary/aromatic N) is 2. The zero-order chi connectivity index (χ0) is 25.3. The third-order valence-corrected chi connectivity index (χ3v) is 5.99. The van der Waals surface area contributed by atoms with Gasteiger partial charge in [-0.15, -0.1) is 11.6 Å². The van der Waals surface area contributed by atoms with Crippen LogP contribution in [0.3, 0.4) is 0 Å². The number of esters is 1. The van der Waals surface area contributed by atoms with Crippen LogP contribution in [0.1, 0.15) is 33.3 Å². The lowest BCUT2D eigenvalue weighted by atomic mass is 9.94. The highest BCUT2D eigenvalue weighted by molar-refractivity contribution is 6.20. The van der Waals surface area contributed by atoms with Gasteiger partial charge < -0.3 is 9.47 Å². The molecule has 1 heterocycles. The molecule has 11 heteroatoms. The van der Waals surface area contributed by atoms with E-state index in [1.54, 1.807) is 36.4 Å². The maximum atomic E-state index is 13.0. The van der Waals surface area contributed by atoms with E-state index in [0.29, 0.717) is 16.7 Å². The number of hydrogen-bond donors (Lipinski definition) is 0. The number of ether oxygens (including phenoxy) is 2. The van der Waals surface area contributed by atoms with Gasteiger partial charge in [0, 0.05) is 28.8 Å². The molecule has 1 aliphatic rings. The highest BCUT2D eigenvalue weighted by Gasteiger charge is 2.44. The SMILES string of the molecule is COC(=O)c1ccc(CCl)c(N2C(=O)OC(c3ccc(C(F)(F)F)cc3)N2Cl)c1-c1ccccc1. The highest BCUT2D eigenvalue weighted by atomic mass is 35.5. The lowest BCUT2D eigenvalue weighted by molar-refractivity contribution is -0.137. The van der Waals surface area contributed by atoms with Crippen molar-refractivity contribution < 1.29 is 32.2 Å². The number of benzene rings is 3. The molecule has 4 rings (SSSR count). The van der Waals surface area contributed by atoms with E-state index in [9.17, 15) is 22.8 Å². The second kappa shape index (κ2) is 9.77. The Labute approximate surface area is 208 Å². The summed E-state index contributed by atoms with van der Waals surface area (Å²) in [5.74, 6) is -0.699. The molecule has 0 N–H and O–H groups in total. The number of carbonyl (C=O) groups excluding carboxylic acids is 2. The molecule has 3 aromatic carbocycles. The highest BCUT2D eigenvalue weighted by Crippen LogP contribution is 2.45. The average molecular weight is 525 g/mol. The monoisotopic (exact) mass is 524 g/mol. The zero-order valence-electron chi connectivity index (χ0n) is 18.1. The summed E-state index contributed by atoms with van der Waals surface area (Å²) in [4.78, 5) is 25.6. The molecule has 1 fully saturated rings. The topological polar surface area (TPSA) is 59.1 Å². The van der Waals surface area contributed by atoms with Crippen LogP contribution in [0.15, 0.2) is 66.7 Å². The largest absolute Gasteiger partial charge is 0.465 e. The Bertz CT molecular complexity index is 1250. The van der Waals surface area contributed by atoms with E-state index < -0.39 is 30.0 Å². The summed E-state index contributed by atoms with van der Waals surface area (Å²) in [6, 6.07) is 15.9. The number of cyclic esters (lactones) is 1. The molecule has 0 bridgehead atoms. The molecule has 0 spiro atoms. The summed E-state index contributed by atoms with van der Waals surface area (Å²) >= 11 is 12.7. The van der Waals surface area contributed by atoms with Gasteiger partial charge in [0.2, 0.25) is 6.23 Å². The molecule has 0 radical (unpaired) electrons. The van der Waals surface area contributed by atoms with E-state index in [4.69, 9.17) is 32.9 Å². The summed E-state index contributed by atoms with van der Waals surface area (Å²) in [5, 5.41) is 0.996. The van der Waals surface area contributed by atoms with Crippen LogP contribution >= 0.6 is 23.4 Å². The van der Waals surface area contributed by atoms with Crippen molar-refractivity contribution in [1.82, 2.24) is 4.53 Å². The maximum absolute atomic E-state index is 13.0. The summed E-state index contributed by atoms with van der Waals surface area (Å²) in [5.41, 5.74) is 1.04. The molecule has 0 aromatic heterocycles. The van der Waals surface area contributed by atoms with Gasteiger partial charge in [-0.1, -0.05) is 53.1 Å². The number of hydrogen-bond acceptors (Lipinski definition) is 5. The molecule has 6 nitrogen and oxygen atoms in total. The number of amides is 1. The third kappa shape index (κ3) is 4.67. The van der Waals surface area contributed by atoms with Gasteiger partial charge in [0.05, 0.1) is 23.9 Å². The first kappa shape index (κ1) is 24.8. The second-order valence-electron chi connectivity index (χ2n) is 7.44. The number of methoxy groups -OCH3 is 1. The zero-order valence-corrected chi connectivity index (χ0v) is 19.6. The molecule has 0 aliphatic carbocycles. The van der Waals surface area contributed by atoms with Gasteiger partial charge in [-0.2, -0.15) is 18.2 Å². The van der Waals surface area contributed by atoms with Crippen LogP contribution in [0.25, 0.3) is 11.1 Å². The van der Waals surface area contributed by atoms with E-state index in [1.807, 2.05) is 0 Å². The van der Waals surface area contributed by atoms with Crippen LogP contribution in [0.2, 0.25) is 0 Å². The quantitative estimate of drug-likeness (QED) is 0.206. The normalized spacial score (nSPS) is 16.3. The van der Waals surface area contributed by atoms with Gasteiger partial charge in [0.25, 0.3) is 0 Å². The number of carbonyl (C=O) groups is 2. The Morgan fingerprint density at radius 1 is 1.06 bits per heavy atom. The maximum Gasteiger partial charge on any atom is 0.432 e. The summed E-state index contributed by atoms with van der Waals surface area (Å²) in [7, 11) is 1.23. The molecular weight excluding hydrogens is 508 g/mol. The number of anilines is 1. The van der Waals surface area contributed by atoms with Crippen molar-refractivity contribution in [3.05, 3.63) is 89.0 Å². The second-order valence-corrected chi connectivity index (χ2v) is 8.06. The minimum Gasteiger partial charge on any atom is -0.465 e. The summed E-state index contributed by atoms with van der Waals surface area (Å²) in [6.07, 6.45) is -6.67. The predicted molar refractivity (Wildman–Crippen MR) is 124 cm³/mol. The first-order valence-corrected chi connectivity index (χ1v) is 11.0. The fourth-order valence-electron chi connectivity index (χ4n) is 3.75. The van der Waals surface area contributed by atoms with Crippen LogP contribution in [-0.4, -0.2) is 23.7 Å². The molecule has 35 heavy (non-hydrogen) atoms. The van der Waals surface area contributed by atoms with Crippen molar-refractivity contribution in [2.24, 2.45) is 0 Å². The van der Waals surface area contributed by atoms with Crippen molar-refractivity contribution in [2.75, 3.05) is 12.1 Å². The number of alkyl halides is 4. The molecular formula is C24H17Cl2F3N2O4. The van der Waals surface area contributed by atoms with Crippen LogP contribution < -0.4 is 5.01 Å². The smallest absolute Gasteiger partial charge is 0.432 e. The van der Waals surface area contributed by atoms with Crippen molar-refractivity contribution in [2.45, 2.75) is 18.3 Å². The molecule has 1 atom stereocenters. The first-order chi connectivity index (χ1) is 16.7. The lowest BCUT2D eigenvalue weighted by Gasteiger charge is -2.27. The van der Waals surface area contributed by atoms with Gasteiger partial charge in [0.15, 0.2) is 0 Å². The number of rotatable bonds is 5. The van der Waals surface area contributed by atoms with Crippen LogP contribution in [0.4, 0.5) is 23.7 Å². The average Bonchev–Trinajstić information content (AvgIpc) is 3.16. The van der Waals surface area contributed by atoms with E-state index >= 15 is 0 Å². The van der Waals surface area contributed by atoms with E-state index in [-0.39, 0.29) is 22.7 Å². The van der Waals surface area contributed by atoms with E-state index in [2.05, 4.69) is 0 Å². The fraction of sp³-hybridized carbons (Fsp3) is 0.167. The Hall–Kier alpha value is -3.27. The number of hydrazine groups is 1. The fourth-order valence-corrected chi connectivity index (χ4v) is 4.25. The standard InChI is InChI=1S/C24H17Cl2F3N2O4/c1-34-22(32)18-12-9-16(13-25)20(19(18)14-5-3-2-4-6-14)30-23(33)35-21(31(30)26)15-7-10-17(11-8-15)24(27,28)29/h2-12,21H,13H2,1H3. The minimum absolute atomic E-state index is 0.0456. The van der Waals surface area contributed by atoms with Crippen molar-refractivity contribution in [3.8, 4) is 11.1 Å². The minimum atomic E-state index is -4.52. The molecule has 0 saturated carbocycles. The Morgan fingerprint density at radius 2 is 1.71 bits per heavy atom. The molecule has 1 unspecified atom stereocenters. The van der Waals surface area contributed by atoms with Gasteiger partial charge in [-0.3, -0.25) is 0 Å². The van der Waals surface area contributed by atoms with E-state index in [0.717, 1.165) is 21.7 Å². The van der Waals surface area contributed by atoms with Gasteiger partial charge in [0.1, 0.15) is 0 Å². The van der Waals surface area contributed by atoms with Crippen LogP contribution in [0, 0.1) is 0 Å². The van der Waals surface area contributed by atoms with Crippen LogP contribution in [-0.2, 0) is 21.5 Å². The molecule has 182 valence electrons. The lowest BCUT2D eigenvalue weighted by Crippen LogP contribution is -2.34. The summed E-state index contributed by atoms with van der Waals surface area (Å²) in [6.45, 7) is 0. The van der Waals surface area contributed by atoms with Gasteiger partial charge in [-0.05, 0) is 29.3 Å². The van der Waals surface area contributed by atoms with Crippen molar-refractivity contribution in [3.63, 3.8) is 0 Å². The van der Waals surface area contributed by atoms with Gasteiger partial charge in [-0.25, -0.2) is 9.59 Å². The van der Waals surface area contributed by atoms with Crippen molar-refractivity contribution in [1.29, 1.82) is 0 Å². The van der Waals surface area contributed by atoms with Gasteiger partial charge >= 0.3 is 18.2 Å². The molecule has 1 amide bonds. The summed E-state index contributed by atoms with van der Waals surface area (Å²) < 4.78 is 50.1. The molecule has 1 aliphatic heterocycles. The third-order valence-electron chi connectivity index (χ3n) is 5.38.